The quantitative estimate of drug-likeness (QED) is 0.344. The number of nitro benzene ring substituents is 1. The third kappa shape index (κ3) is 3.22. The second-order valence-corrected chi connectivity index (χ2v) is 6.60. The van der Waals surface area contributed by atoms with Crippen LogP contribution in [-0.2, 0) is 0 Å². The summed E-state index contributed by atoms with van der Waals surface area (Å²) in [5, 5.41) is 13.8. The van der Waals surface area contributed by atoms with Gasteiger partial charge in [-0.3, -0.25) is 10.1 Å². The standard InChI is InChI=1S/C19H12FN3O3S/c1-11-21-18(26-16-9-13(20)7-8-15(16)23(24)25)17-14(10-27-19(17)22-11)12-5-3-2-4-6-12/h2-10H,1H3. The van der Waals surface area contributed by atoms with Crippen molar-refractivity contribution in [3.8, 4) is 22.8 Å². The topological polar surface area (TPSA) is 78.2 Å². The minimum absolute atomic E-state index is 0.159. The van der Waals surface area contributed by atoms with Crippen LogP contribution in [0.3, 0.4) is 0 Å². The molecule has 134 valence electrons. The fourth-order valence-corrected chi connectivity index (χ4v) is 3.72. The van der Waals surface area contributed by atoms with Crippen molar-refractivity contribution in [3.63, 3.8) is 0 Å². The fraction of sp³-hybridized carbons (Fsp3) is 0.0526. The Hall–Kier alpha value is -3.39. The van der Waals surface area contributed by atoms with Crippen molar-refractivity contribution < 1.29 is 14.1 Å². The lowest BCUT2D eigenvalue weighted by molar-refractivity contribution is -0.385. The molecule has 4 rings (SSSR count). The van der Waals surface area contributed by atoms with Crippen molar-refractivity contribution >= 4 is 27.2 Å². The van der Waals surface area contributed by atoms with Gasteiger partial charge < -0.3 is 4.74 Å². The van der Waals surface area contributed by atoms with E-state index in [2.05, 4.69) is 9.97 Å². The molecule has 8 heteroatoms. The zero-order chi connectivity index (χ0) is 19.0. The van der Waals surface area contributed by atoms with E-state index in [9.17, 15) is 14.5 Å². The minimum Gasteiger partial charge on any atom is -0.431 e. The van der Waals surface area contributed by atoms with E-state index in [1.165, 1.54) is 11.3 Å². The van der Waals surface area contributed by atoms with E-state index in [0.29, 0.717) is 16.0 Å². The van der Waals surface area contributed by atoms with E-state index in [-0.39, 0.29) is 17.3 Å². The third-order valence-corrected chi connectivity index (χ3v) is 4.79. The first kappa shape index (κ1) is 17.0. The van der Waals surface area contributed by atoms with Crippen molar-refractivity contribution in [3.05, 3.63) is 75.7 Å². The van der Waals surface area contributed by atoms with Gasteiger partial charge in [-0.1, -0.05) is 30.3 Å². The number of benzene rings is 2. The molecule has 0 radical (unpaired) electrons. The Labute approximate surface area is 157 Å². The highest BCUT2D eigenvalue weighted by molar-refractivity contribution is 7.17. The van der Waals surface area contributed by atoms with Gasteiger partial charge in [0.15, 0.2) is 0 Å². The molecule has 2 heterocycles. The van der Waals surface area contributed by atoms with Crippen LogP contribution < -0.4 is 4.74 Å². The van der Waals surface area contributed by atoms with Gasteiger partial charge in [0, 0.05) is 23.1 Å². The predicted octanol–water partition coefficient (Wildman–Crippen LogP) is 5.51. The molecule has 0 aliphatic rings. The van der Waals surface area contributed by atoms with Crippen LogP contribution in [0.25, 0.3) is 21.3 Å². The maximum absolute atomic E-state index is 13.7. The molecule has 0 atom stereocenters. The van der Waals surface area contributed by atoms with E-state index < -0.39 is 10.7 Å². The maximum atomic E-state index is 13.7. The number of hydrogen-bond acceptors (Lipinski definition) is 6. The van der Waals surface area contributed by atoms with Crippen molar-refractivity contribution in [1.29, 1.82) is 0 Å². The highest BCUT2D eigenvalue weighted by atomic mass is 32.1. The SMILES string of the molecule is Cc1nc(Oc2cc(F)ccc2[N+](=O)[O-])c2c(-c3ccccc3)csc2n1. The monoisotopic (exact) mass is 381 g/mol. The van der Waals surface area contributed by atoms with Gasteiger partial charge in [0.25, 0.3) is 0 Å². The molecule has 4 aromatic rings. The third-order valence-electron chi connectivity index (χ3n) is 3.92. The van der Waals surface area contributed by atoms with Gasteiger partial charge >= 0.3 is 5.69 Å². The molecule has 0 aliphatic carbocycles. The van der Waals surface area contributed by atoms with Crippen LogP contribution in [0.4, 0.5) is 10.1 Å². The molecule has 0 N–H and O–H groups in total. The summed E-state index contributed by atoms with van der Waals surface area (Å²) in [7, 11) is 0. The number of rotatable bonds is 4. The predicted molar refractivity (Wildman–Crippen MR) is 101 cm³/mol. The molecule has 0 fully saturated rings. The Morgan fingerprint density at radius 3 is 2.67 bits per heavy atom. The van der Waals surface area contributed by atoms with Crippen LogP contribution in [0.5, 0.6) is 11.6 Å². The Bertz CT molecular complexity index is 1160. The van der Waals surface area contributed by atoms with Crippen LogP contribution in [0.15, 0.2) is 53.9 Å². The van der Waals surface area contributed by atoms with E-state index in [4.69, 9.17) is 4.74 Å². The summed E-state index contributed by atoms with van der Waals surface area (Å²) in [6.45, 7) is 1.70. The summed E-state index contributed by atoms with van der Waals surface area (Å²) in [6.07, 6.45) is 0. The van der Waals surface area contributed by atoms with Gasteiger partial charge in [-0.15, -0.1) is 11.3 Å². The molecule has 27 heavy (non-hydrogen) atoms. The molecule has 0 aliphatic heterocycles. The summed E-state index contributed by atoms with van der Waals surface area (Å²) in [5.74, 6) is -0.222. The zero-order valence-electron chi connectivity index (χ0n) is 14.0. The highest BCUT2D eigenvalue weighted by Gasteiger charge is 2.21. The summed E-state index contributed by atoms with van der Waals surface area (Å²) >= 11 is 1.42. The Balaban J connectivity index is 1.91. The van der Waals surface area contributed by atoms with Gasteiger partial charge in [-0.05, 0) is 18.6 Å². The summed E-state index contributed by atoms with van der Waals surface area (Å²) in [4.78, 5) is 20.1. The van der Waals surface area contributed by atoms with Crippen molar-refractivity contribution in [2.75, 3.05) is 0 Å². The second kappa shape index (κ2) is 6.73. The minimum atomic E-state index is -0.633. The molecule has 0 saturated heterocycles. The first-order chi connectivity index (χ1) is 13.0. The molecule has 0 saturated carbocycles. The summed E-state index contributed by atoms with van der Waals surface area (Å²) in [6, 6.07) is 12.7. The lowest BCUT2D eigenvalue weighted by Crippen LogP contribution is -1.98. The Morgan fingerprint density at radius 2 is 1.93 bits per heavy atom. The highest BCUT2D eigenvalue weighted by Crippen LogP contribution is 2.41. The van der Waals surface area contributed by atoms with E-state index in [1.54, 1.807) is 6.92 Å². The van der Waals surface area contributed by atoms with Crippen LogP contribution in [-0.4, -0.2) is 14.9 Å². The summed E-state index contributed by atoms with van der Waals surface area (Å²) in [5.41, 5.74) is 1.46. The van der Waals surface area contributed by atoms with Crippen LogP contribution in [0.1, 0.15) is 5.82 Å². The van der Waals surface area contributed by atoms with Gasteiger partial charge in [0.05, 0.1) is 10.3 Å². The van der Waals surface area contributed by atoms with Crippen molar-refractivity contribution in [2.24, 2.45) is 0 Å². The number of aryl methyl sites for hydroxylation is 1. The van der Waals surface area contributed by atoms with Crippen LogP contribution >= 0.6 is 11.3 Å². The largest absolute Gasteiger partial charge is 0.431 e. The second-order valence-electron chi connectivity index (χ2n) is 5.74. The molecular weight excluding hydrogens is 369 g/mol. The zero-order valence-corrected chi connectivity index (χ0v) is 14.9. The maximum Gasteiger partial charge on any atom is 0.311 e. The fourth-order valence-electron chi connectivity index (χ4n) is 2.74. The normalized spacial score (nSPS) is 10.9. The Kier molecular flexibility index (Phi) is 4.25. The number of hydrogen-bond donors (Lipinski definition) is 0. The number of ether oxygens (including phenoxy) is 1. The number of nitro groups is 1. The van der Waals surface area contributed by atoms with E-state index in [1.807, 2.05) is 35.7 Å². The number of nitrogens with zero attached hydrogens (tertiary/aromatic N) is 3. The van der Waals surface area contributed by atoms with Crippen molar-refractivity contribution in [2.45, 2.75) is 6.92 Å². The first-order valence-electron chi connectivity index (χ1n) is 7.96. The molecule has 0 bridgehead atoms. The molecule has 0 unspecified atom stereocenters. The number of aromatic nitrogens is 2. The molecule has 0 amide bonds. The van der Waals surface area contributed by atoms with Gasteiger partial charge in [0.2, 0.25) is 11.6 Å². The number of halogens is 1. The first-order valence-corrected chi connectivity index (χ1v) is 8.84. The van der Waals surface area contributed by atoms with E-state index in [0.717, 1.165) is 29.3 Å². The average Bonchev–Trinajstić information content (AvgIpc) is 3.06. The smallest absolute Gasteiger partial charge is 0.311 e. The lowest BCUT2D eigenvalue weighted by Gasteiger charge is -2.09. The lowest BCUT2D eigenvalue weighted by atomic mass is 10.1. The molecule has 0 spiro atoms. The molecule has 2 aromatic carbocycles. The number of thiophene rings is 1. The Morgan fingerprint density at radius 1 is 1.15 bits per heavy atom. The average molecular weight is 381 g/mol. The van der Waals surface area contributed by atoms with Crippen LogP contribution in [0, 0.1) is 22.9 Å². The van der Waals surface area contributed by atoms with Crippen LogP contribution in [0.2, 0.25) is 0 Å². The molecule has 2 aromatic heterocycles. The molecule has 6 nitrogen and oxygen atoms in total. The van der Waals surface area contributed by atoms with E-state index >= 15 is 0 Å². The van der Waals surface area contributed by atoms with Crippen molar-refractivity contribution in [1.82, 2.24) is 9.97 Å². The number of fused-ring (bicyclic) bond motifs is 1. The van der Waals surface area contributed by atoms with Gasteiger partial charge in [-0.2, -0.15) is 4.98 Å². The van der Waals surface area contributed by atoms with Gasteiger partial charge in [0.1, 0.15) is 16.5 Å². The summed E-state index contributed by atoms with van der Waals surface area (Å²) < 4.78 is 19.4. The van der Waals surface area contributed by atoms with Gasteiger partial charge in [-0.25, -0.2) is 9.37 Å². The molecular formula is C19H12FN3O3S.